The molecule has 6 heteroatoms. The van der Waals surface area contributed by atoms with Crippen LogP contribution < -0.4 is 11.1 Å². The summed E-state index contributed by atoms with van der Waals surface area (Å²) in [6.07, 6.45) is 0. The summed E-state index contributed by atoms with van der Waals surface area (Å²) in [5, 5.41) is 2.57. The maximum atomic E-state index is 11.9. The van der Waals surface area contributed by atoms with Crippen LogP contribution in [0.15, 0.2) is 12.1 Å². The Morgan fingerprint density at radius 3 is 2.89 bits per heavy atom. The van der Waals surface area contributed by atoms with Gasteiger partial charge in [-0.1, -0.05) is 11.8 Å². The van der Waals surface area contributed by atoms with Gasteiger partial charge in [-0.05, 0) is 26.0 Å². The SMILES string of the molecule is CCOC(=O)C(C)NC(=O)c1ccc(C#CCN)s1. The highest BCUT2D eigenvalue weighted by Crippen LogP contribution is 2.15. The van der Waals surface area contributed by atoms with Gasteiger partial charge in [-0.3, -0.25) is 4.79 Å². The van der Waals surface area contributed by atoms with Gasteiger partial charge in [-0.25, -0.2) is 4.79 Å². The molecular formula is C13H16N2O3S. The third-order valence-electron chi connectivity index (χ3n) is 2.13. The van der Waals surface area contributed by atoms with Crippen LogP contribution in [0.1, 0.15) is 28.4 Å². The maximum absolute atomic E-state index is 11.9. The van der Waals surface area contributed by atoms with Crippen molar-refractivity contribution in [3.8, 4) is 11.8 Å². The second kappa shape index (κ2) is 7.56. The molecule has 1 rings (SSSR count). The Morgan fingerprint density at radius 2 is 2.26 bits per heavy atom. The van der Waals surface area contributed by atoms with E-state index in [4.69, 9.17) is 10.5 Å². The Hall–Kier alpha value is -1.84. The number of nitrogens with one attached hydrogen (secondary N) is 1. The fourth-order valence-electron chi connectivity index (χ4n) is 1.26. The Labute approximate surface area is 116 Å². The summed E-state index contributed by atoms with van der Waals surface area (Å²) in [4.78, 5) is 24.5. The predicted molar refractivity (Wildman–Crippen MR) is 73.8 cm³/mol. The van der Waals surface area contributed by atoms with Gasteiger partial charge < -0.3 is 15.8 Å². The number of hydrogen-bond donors (Lipinski definition) is 2. The van der Waals surface area contributed by atoms with Crippen LogP contribution in [0.5, 0.6) is 0 Å². The molecule has 19 heavy (non-hydrogen) atoms. The number of nitrogens with two attached hydrogens (primary N) is 1. The number of amides is 1. The van der Waals surface area contributed by atoms with Gasteiger partial charge in [-0.15, -0.1) is 11.3 Å². The number of thiophene rings is 1. The van der Waals surface area contributed by atoms with Gasteiger partial charge >= 0.3 is 5.97 Å². The molecule has 0 radical (unpaired) electrons. The fraction of sp³-hybridized carbons (Fsp3) is 0.385. The minimum atomic E-state index is -0.673. The third-order valence-corrected chi connectivity index (χ3v) is 3.13. The topological polar surface area (TPSA) is 81.4 Å². The van der Waals surface area contributed by atoms with Crippen molar-refractivity contribution >= 4 is 23.2 Å². The van der Waals surface area contributed by atoms with Gasteiger partial charge in [0.25, 0.3) is 5.91 Å². The zero-order valence-electron chi connectivity index (χ0n) is 10.9. The highest BCUT2D eigenvalue weighted by atomic mass is 32.1. The van der Waals surface area contributed by atoms with E-state index in [9.17, 15) is 9.59 Å². The lowest BCUT2D eigenvalue weighted by Crippen LogP contribution is -2.39. The van der Waals surface area contributed by atoms with E-state index < -0.39 is 12.0 Å². The Balaban J connectivity index is 2.63. The van der Waals surface area contributed by atoms with Gasteiger partial charge in [0.15, 0.2) is 0 Å². The molecule has 0 aliphatic carbocycles. The van der Waals surface area contributed by atoms with E-state index in [0.717, 1.165) is 4.88 Å². The number of hydrogen-bond acceptors (Lipinski definition) is 5. The van der Waals surface area contributed by atoms with Crippen molar-refractivity contribution < 1.29 is 14.3 Å². The summed E-state index contributed by atoms with van der Waals surface area (Å²) in [5.41, 5.74) is 5.27. The largest absolute Gasteiger partial charge is 0.464 e. The van der Waals surface area contributed by atoms with Crippen LogP contribution in [-0.2, 0) is 9.53 Å². The molecule has 1 unspecified atom stereocenters. The molecule has 3 N–H and O–H groups in total. The molecule has 0 fully saturated rings. The smallest absolute Gasteiger partial charge is 0.328 e. The van der Waals surface area contributed by atoms with E-state index in [-0.39, 0.29) is 19.1 Å². The molecule has 1 amide bonds. The summed E-state index contributed by atoms with van der Waals surface area (Å²) in [6, 6.07) is 2.74. The second-order valence-electron chi connectivity index (χ2n) is 3.62. The zero-order valence-corrected chi connectivity index (χ0v) is 11.7. The molecule has 1 heterocycles. The predicted octanol–water partition coefficient (Wildman–Crippen LogP) is 0.740. The fourth-order valence-corrected chi connectivity index (χ4v) is 2.04. The van der Waals surface area contributed by atoms with Crippen molar-refractivity contribution in [2.75, 3.05) is 13.2 Å². The van der Waals surface area contributed by atoms with Gasteiger partial charge in [0.1, 0.15) is 6.04 Å². The molecule has 0 bridgehead atoms. The molecule has 5 nitrogen and oxygen atoms in total. The minimum Gasteiger partial charge on any atom is -0.464 e. The first-order valence-electron chi connectivity index (χ1n) is 5.84. The molecule has 102 valence electrons. The summed E-state index contributed by atoms with van der Waals surface area (Å²) in [6.45, 7) is 3.86. The summed E-state index contributed by atoms with van der Waals surface area (Å²) >= 11 is 1.25. The van der Waals surface area contributed by atoms with Crippen LogP contribution >= 0.6 is 11.3 Å². The van der Waals surface area contributed by atoms with Crippen molar-refractivity contribution in [2.45, 2.75) is 19.9 Å². The second-order valence-corrected chi connectivity index (χ2v) is 4.70. The molecule has 0 saturated heterocycles. The van der Waals surface area contributed by atoms with Crippen molar-refractivity contribution in [2.24, 2.45) is 5.73 Å². The standard InChI is InChI=1S/C13H16N2O3S/c1-3-18-13(17)9(2)15-12(16)11-7-6-10(19-11)5-4-8-14/h6-7,9H,3,8,14H2,1-2H3,(H,15,16). The molecule has 0 aliphatic rings. The van der Waals surface area contributed by atoms with E-state index in [1.165, 1.54) is 11.3 Å². The number of ether oxygens (including phenoxy) is 1. The summed E-state index contributed by atoms with van der Waals surface area (Å²) in [5.74, 6) is 4.80. The van der Waals surface area contributed by atoms with Crippen LogP contribution in [0.3, 0.4) is 0 Å². The molecule has 1 aromatic heterocycles. The van der Waals surface area contributed by atoms with Gasteiger partial charge in [0.05, 0.1) is 22.9 Å². The lowest BCUT2D eigenvalue weighted by molar-refractivity contribution is -0.144. The molecular weight excluding hydrogens is 264 g/mol. The Kier molecular flexibility index (Phi) is 6.06. The lowest BCUT2D eigenvalue weighted by atomic mass is 10.3. The van der Waals surface area contributed by atoms with E-state index in [1.54, 1.807) is 26.0 Å². The number of carbonyl (C=O) groups excluding carboxylic acids is 2. The van der Waals surface area contributed by atoms with Gasteiger partial charge in [0.2, 0.25) is 0 Å². The molecule has 0 aliphatic heterocycles. The number of esters is 1. The van der Waals surface area contributed by atoms with Crippen molar-refractivity contribution in [3.63, 3.8) is 0 Å². The van der Waals surface area contributed by atoms with Crippen molar-refractivity contribution in [1.82, 2.24) is 5.32 Å². The number of rotatable bonds is 4. The van der Waals surface area contributed by atoms with Crippen LogP contribution in [0, 0.1) is 11.8 Å². The maximum Gasteiger partial charge on any atom is 0.328 e. The summed E-state index contributed by atoms with van der Waals surface area (Å²) in [7, 11) is 0. The first-order chi connectivity index (χ1) is 9.08. The van der Waals surface area contributed by atoms with E-state index >= 15 is 0 Å². The van der Waals surface area contributed by atoms with Crippen molar-refractivity contribution in [1.29, 1.82) is 0 Å². The van der Waals surface area contributed by atoms with E-state index in [0.29, 0.717) is 4.88 Å². The van der Waals surface area contributed by atoms with E-state index in [1.807, 2.05) is 0 Å². The Bertz CT molecular complexity index is 513. The van der Waals surface area contributed by atoms with Gasteiger partial charge in [0, 0.05) is 0 Å². The van der Waals surface area contributed by atoms with Crippen molar-refractivity contribution in [3.05, 3.63) is 21.9 Å². The highest BCUT2D eigenvalue weighted by Gasteiger charge is 2.18. The van der Waals surface area contributed by atoms with Crippen LogP contribution in [0.4, 0.5) is 0 Å². The average Bonchev–Trinajstić information content (AvgIpc) is 2.85. The van der Waals surface area contributed by atoms with E-state index in [2.05, 4.69) is 17.2 Å². The minimum absolute atomic E-state index is 0.277. The monoisotopic (exact) mass is 280 g/mol. The molecule has 0 spiro atoms. The molecule has 1 aromatic rings. The van der Waals surface area contributed by atoms with Crippen LogP contribution in [-0.4, -0.2) is 31.1 Å². The molecule has 0 aromatic carbocycles. The first-order valence-corrected chi connectivity index (χ1v) is 6.66. The average molecular weight is 280 g/mol. The zero-order chi connectivity index (χ0) is 14.3. The van der Waals surface area contributed by atoms with Crippen LogP contribution in [0.25, 0.3) is 0 Å². The quantitative estimate of drug-likeness (QED) is 0.629. The van der Waals surface area contributed by atoms with Crippen LogP contribution in [0.2, 0.25) is 0 Å². The lowest BCUT2D eigenvalue weighted by Gasteiger charge is -2.11. The number of carbonyl (C=O) groups is 2. The highest BCUT2D eigenvalue weighted by molar-refractivity contribution is 7.14. The molecule has 0 saturated carbocycles. The third kappa shape index (κ3) is 4.73. The van der Waals surface area contributed by atoms with Gasteiger partial charge in [-0.2, -0.15) is 0 Å². The Morgan fingerprint density at radius 1 is 1.53 bits per heavy atom. The first kappa shape index (κ1) is 15.2. The summed E-state index contributed by atoms with van der Waals surface area (Å²) < 4.78 is 4.81. The normalized spacial score (nSPS) is 11.1. The molecule has 1 atom stereocenters.